The summed E-state index contributed by atoms with van der Waals surface area (Å²) in [6, 6.07) is 9.45. The third-order valence-corrected chi connectivity index (χ3v) is 4.11. The van der Waals surface area contributed by atoms with Gasteiger partial charge in [-0.3, -0.25) is 0 Å². The van der Waals surface area contributed by atoms with Gasteiger partial charge in [0.2, 0.25) is 5.95 Å². The second kappa shape index (κ2) is 6.01. The Bertz CT molecular complexity index is 928. The van der Waals surface area contributed by atoms with Crippen molar-refractivity contribution in [2.75, 3.05) is 19.5 Å². The van der Waals surface area contributed by atoms with E-state index in [2.05, 4.69) is 21.5 Å². The van der Waals surface area contributed by atoms with E-state index >= 15 is 0 Å². The number of ether oxygens (including phenoxy) is 2. The van der Waals surface area contributed by atoms with Crippen LogP contribution in [0.2, 0.25) is 0 Å². The third-order valence-electron chi connectivity index (χ3n) is 4.11. The van der Waals surface area contributed by atoms with Crippen LogP contribution < -0.4 is 14.8 Å². The summed E-state index contributed by atoms with van der Waals surface area (Å²) < 4.78 is 18.1. The number of methoxy groups -OCH3 is 2. The minimum absolute atomic E-state index is 0.141. The van der Waals surface area contributed by atoms with Crippen molar-refractivity contribution in [3.63, 3.8) is 0 Å². The van der Waals surface area contributed by atoms with Gasteiger partial charge in [0.15, 0.2) is 11.5 Å². The van der Waals surface area contributed by atoms with Crippen molar-refractivity contribution in [2.24, 2.45) is 0 Å². The minimum atomic E-state index is -0.141. The van der Waals surface area contributed by atoms with Crippen molar-refractivity contribution in [3.8, 4) is 11.5 Å². The first-order chi connectivity index (χ1) is 12.2. The van der Waals surface area contributed by atoms with Crippen LogP contribution in [0.15, 0.2) is 47.1 Å². The van der Waals surface area contributed by atoms with E-state index in [-0.39, 0.29) is 6.04 Å². The van der Waals surface area contributed by atoms with Crippen LogP contribution in [-0.4, -0.2) is 29.0 Å². The SMILES string of the molecule is COc1ccc(C2C=C(c3ccco3)Nc3nc(C)nn32)cc1OC. The maximum absolute atomic E-state index is 5.53. The fourth-order valence-electron chi connectivity index (χ4n) is 2.95. The molecular formula is C18H18N4O3. The quantitative estimate of drug-likeness (QED) is 0.787. The summed E-state index contributed by atoms with van der Waals surface area (Å²) in [5.74, 6) is 3.47. The number of aromatic nitrogens is 3. The van der Waals surface area contributed by atoms with Gasteiger partial charge in [-0.25, -0.2) is 4.68 Å². The van der Waals surface area contributed by atoms with Crippen molar-refractivity contribution in [3.05, 3.63) is 59.8 Å². The molecule has 1 unspecified atom stereocenters. The van der Waals surface area contributed by atoms with Crippen LogP contribution in [0.4, 0.5) is 5.95 Å². The highest BCUT2D eigenvalue weighted by atomic mass is 16.5. The second-order valence-corrected chi connectivity index (χ2v) is 5.67. The number of hydrogen-bond acceptors (Lipinski definition) is 6. The maximum Gasteiger partial charge on any atom is 0.226 e. The van der Waals surface area contributed by atoms with E-state index in [0.717, 1.165) is 17.0 Å². The Morgan fingerprint density at radius 2 is 2.00 bits per heavy atom. The van der Waals surface area contributed by atoms with Crippen LogP contribution in [0.3, 0.4) is 0 Å². The Morgan fingerprint density at radius 3 is 2.72 bits per heavy atom. The van der Waals surface area contributed by atoms with Crippen molar-refractivity contribution >= 4 is 11.6 Å². The Balaban J connectivity index is 1.83. The summed E-state index contributed by atoms with van der Waals surface area (Å²) in [6.07, 6.45) is 3.70. The molecular weight excluding hydrogens is 320 g/mol. The molecule has 1 aliphatic rings. The molecule has 25 heavy (non-hydrogen) atoms. The van der Waals surface area contributed by atoms with E-state index in [1.165, 1.54) is 0 Å². The molecule has 2 aromatic heterocycles. The standard InChI is InChI=1S/C18H18N4O3/c1-11-19-18-20-13(15-5-4-8-25-15)10-14(22(18)21-11)12-6-7-16(23-2)17(9-12)24-3/h4-10,14H,1-3H3,(H,19,20,21). The Morgan fingerprint density at radius 1 is 1.16 bits per heavy atom. The largest absolute Gasteiger partial charge is 0.493 e. The topological polar surface area (TPSA) is 74.3 Å². The Kier molecular flexibility index (Phi) is 3.68. The number of anilines is 1. The molecule has 0 radical (unpaired) electrons. The highest BCUT2D eigenvalue weighted by Gasteiger charge is 2.26. The lowest BCUT2D eigenvalue weighted by Gasteiger charge is -2.24. The number of nitrogens with one attached hydrogen (secondary N) is 1. The second-order valence-electron chi connectivity index (χ2n) is 5.67. The molecule has 1 N–H and O–H groups in total. The molecule has 0 fully saturated rings. The molecule has 128 valence electrons. The average Bonchev–Trinajstić information content (AvgIpc) is 3.28. The zero-order valence-corrected chi connectivity index (χ0v) is 14.2. The van der Waals surface area contributed by atoms with Crippen molar-refractivity contribution in [1.82, 2.24) is 14.8 Å². The first-order valence-corrected chi connectivity index (χ1v) is 7.87. The molecule has 3 aromatic rings. The Labute approximate surface area is 144 Å². The predicted molar refractivity (Wildman–Crippen MR) is 92.8 cm³/mol. The lowest BCUT2D eigenvalue weighted by Crippen LogP contribution is -2.20. The molecule has 7 nitrogen and oxygen atoms in total. The molecule has 1 atom stereocenters. The molecule has 0 saturated heterocycles. The molecule has 1 aliphatic heterocycles. The zero-order valence-electron chi connectivity index (χ0n) is 14.2. The van der Waals surface area contributed by atoms with Crippen LogP contribution in [-0.2, 0) is 0 Å². The van der Waals surface area contributed by atoms with Gasteiger partial charge in [0, 0.05) is 0 Å². The number of allylic oxidation sites excluding steroid dienone is 1. The lowest BCUT2D eigenvalue weighted by molar-refractivity contribution is 0.354. The highest BCUT2D eigenvalue weighted by molar-refractivity contribution is 5.74. The van der Waals surface area contributed by atoms with E-state index in [0.29, 0.717) is 23.3 Å². The lowest BCUT2D eigenvalue weighted by atomic mass is 10.0. The normalized spacial score (nSPS) is 16.0. The predicted octanol–water partition coefficient (Wildman–Crippen LogP) is 3.25. The summed E-state index contributed by atoms with van der Waals surface area (Å²) in [5, 5.41) is 7.79. The molecule has 0 bridgehead atoms. The zero-order chi connectivity index (χ0) is 17.4. The third kappa shape index (κ3) is 2.63. The first-order valence-electron chi connectivity index (χ1n) is 7.87. The molecule has 0 saturated carbocycles. The molecule has 0 amide bonds. The molecule has 0 aliphatic carbocycles. The van der Waals surface area contributed by atoms with Gasteiger partial charge >= 0.3 is 0 Å². The van der Waals surface area contributed by atoms with Gasteiger partial charge < -0.3 is 19.2 Å². The van der Waals surface area contributed by atoms with Gasteiger partial charge in [-0.15, -0.1) is 0 Å². The fraction of sp³-hybridized carbons (Fsp3) is 0.222. The molecule has 4 rings (SSSR count). The monoisotopic (exact) mass is 338 g/mol. The molecule has 1 aromatic carbocycles. The van der Waals surface area contributed by atoms with Crippen LogP contribution in [0, 0.1) is 6.92 Å². The van der Waals surface area contributed by atoms with Crippen molar-refractivity contribution in [2.45, 2.75) is 13.0 Å². The van der Waals surface area contributed by atoms with E-state index in [1.807, 2.05) is 41.9 Å². The molecule has 3 heterocycles. The van der Waals surface area contributed by atoms with Gasteiger partial charge in [0.25, 0.3) is 0 Å². The highest BCUT2D eigenvalue weighted by Crippen LogP contribution is 2.36. The van der Waals surface area contributed by atoms with Crippen molar-refractivity contribution in [1.29, 1.82) is 0 Å². The number of furan rings is 1. The number of fused-ring (bicyclic) bond motifs is 1. The first kappa shape index (κ1) is 15.3. The van der Waals surface area contributed by atoms with E-state index in [4.69, 9.17) is 13.9 Å². The van der Waals surface area contributed by atoms with E-state index in [9.17, 15) is 0 Å². The average molecular weight is 338 g/mol. The van der Waals surface area contributed by atoms with Crippen molar-refractivity contribution < 1.29 is 13.9 Å². The number of aryl methyl sites for hydroxylation is 1. The summed E-state index contributed by atoms with van der Waals surface area (Å²) >= 11 is 0. The molecule has 7 heteroatoms. The maximum atomic E-state index is 5.53. The summed E-state index contributed by atoms with van der Waals surface area (Å²) in [4.78, 5) is 4.47. The Hall–Kier alpha value is -3.22. The fourth-order valence-corrected chi connectivity index (χ4v) is 2.95. The van der Waals surface area contributed by atoms with Crippen LogP contribution >= 0.6 is 0 Å². The van der Waals surface area contributed by atoms with Gasteiger partial charge in [-0.1, -0.05) is 6.07 Å². The summed E-state index contributed by atoms with van der Waals surface area (Å²) in [5.41, 5.74) is 1.86. The molecule has 0 spiro atoms. The van der Waals surface area contributed by atoms with Crippen LogP contribution in [0.5, 0.6) is 11.5 Å². The van der Waals surface area contributed by atoms with Gasteiger partial charge in [0.05, 0.1) is 26.2 Å². The van der Waals surface area contributed by atoms with E-state index < -0.39 is 0 Å². The summed E-state index contributed by atoms with van der Waals surface area (Å²) in [6.45, 7) is 1.87. The van der Waals surface area contributed by atoms with Crippen LogP contribution in [0.1, 0.15) is 23.2 Å². The number of rotatable bonds is 4. The number of hydrogen-bond donors (Lipinski definition) is 1. The van der Waals surface area contributed by atoms with Gasteiger partial charge in [-0.2, -0.15) is 10.1 Å². The smallest absolute Gasteiger partial charge is 0.226 e. The number of nitrogens with zero attached hydrogens (tertiary/aromatic N) is 3. The van der Waals surface area contributed by atoms with Gasteiger partial charge in [0.1, 0.15) is 17.6 Å². The number of benzene rings is 1. The van der Waals surface area contributed by atoms with Gasteiger partial charge in [-0.05, 0) is 42.8 Å². The minimum Gasteiger partial charge on any atom is -0.493 e. The van der Waals surface area contributed by atoms with E-state index in [1.54, 1.807) is 20.5 Å². The van der Waals surface area contributed by atoms with Crippen LogP contribution in [0.25, 0.3) is 5.70 Å². The summed E-state index contributed by atoms with van der Waals surface area (Å²) in [7, 11) is 3.25.